The van der Waals surface area contributed by atoms with Crippen LogP contribution in [0.1, 0.15) is 0 Å². The predicted molar refractivity (Wildman–Crippen MR) is 71.9 cm³/mol. The van der Waals surface area contributed by atoms with Crippen molar-refractivity contribution in [3.05, 3.63) is 72.1 Å². The largest absolute Gasteiger partial charge is 0.710 e. The Morgan fingerprint density at radius 1 is 0.737 bits per heavy atom. The molecule has 4 nitrogen and oxygen atoms in total. The number of aromatic nitrogens is 3. The fourth-order valence-corrected chi connectivity index (χ4v) is 1.86. The first-order valence-corrected chi connectivity index (χ1v) is 5.92. The van der Waals surface area contributed by atoms with Crippen LogP contribution in [0.25, 0.3) is 22.6 Å². The lowest BCUT2D eigenvalue weighted by Crippen LogP contribution is -2.31. The SMILES string of the molecule is [O-][n+]1cc(-c2ccccc2)nnc1-c1ccccc1. The van der Waals surface area contributed by atoms with E-state index < -0.39 is 0 Å². The van der Waals surface area contributed by atoms with Crippen molar-refractivity contribution in [1.29, 1.82) is 0 Å². The van der Waals surface area contributed by atoms with Gasteiger partial charge in [-0.05, 0) is 17.2 Å². The third-order valence-corrected chi connectivity index (χ3v) is 2.80. The average molecular weight is 249 g/mol. The van der Waals surface area contributed by atoms with Gasteiger partial charge in [0.05, 0.1) is 10.7 Å². The van der Waals surface area contributed by atoms with Gasteiger partial charge in [-0.3, -0.25) is 0 Å². The van der Waals surface area contributed by atoms with Crippen molar-refractivity contribution in [1.82, 2.24) is 10.2 Å². The molecule has 0 atom stereocenters. The molecule has 0 spiro atoms. The monoisotopic (exact) mass is 249 g/mol. The topological polar surface area (TPSA) is 52.7 Å². The van der Waals surface area contributed by atoms with Crippen LogP contribution in [0.4, 0.5) is 0 Å². The Labute approximate surface area is 110 Å². The van der Waals surface area contributed by atoms with Gasteiger partial charge in [-0.15, -0.1) is 0 Å². The lowest BCUT2D eigenvalue weighted by molar-refractivity contribution is -0.596. The highest BCUT2D eigenvalue weighted by atomic mass is 16.5. The molecule has 4 heteroatoms. The summed E-state index contributed by atoms with van der Waals surface area (Å²) in [5.74, 6) is 0.306. The molecule has 0 amide bonds. The van der Waals surface area contributed by atoms with Crippen molar-refractivity contribution in [2.75, 3.05) is 0 Å². The minimum Gasteiger partial charge on any atom is -0.710 e. The van der Waals surface area contributed by atoms with Crippen molar-refractivity contribution >= 4 is 0 Å². The molecule has 1 heterocycles. The van der Waals surface area contributed by atoms with Gasteiger partial charge in [0.15, 0.2) is 5.69 Å². The molecule has 0 saturated carbocycles. The van der Waals surface area contributed by atoms with Gasteiger partial charge in [0.1, 0.15) is 6.20 Å². The molecule has 0 aliphatic heterocycles. The van der Waals surface area contributed by atoms with Gasteiger partial charge in [-0.25, -0.2) is 4.73 Å². The highest BCUT2D eigenvalue weighted by molar-refractivity contribution is 5.57. The van der Waals surface area contributed by atoms with E-state index in [2.05, 4.69) is 10.2 Å². The van der Waals surface area contributed by atoms with E-state index in [4.69, 9.17) is 0 Å². The summed E-state index contributed by atoms with van der Waals surface area (Å²) < 4.78 is 0.755. The fraction of sp³-hybridized carbons (Fsp3) is 0. The van der Waals surface area contributed by atoms with Gasteiger partial charge in [0.2, 0.25) is 0 Å². The summed E-state index contributed by atoms with van der Waals surface area (Å²) in [7, 11) is 0. The number of hydrogen-bond acceptors (Lipinski definition) is 3. The van der Waals surface area contributed by atoms with Crippen molar-refractivity contribution in [2.24, 2.45) is 0 Å². The van der Waals surface area contributed by atoms with E-state index in [0.29, 0.717) is 11.5 Å². The molecule has 2 aromatic carbocycles. The van der Waals surface area contributed by atoms with Crippen LogP contribution in [0.15, 0.2) is 66.9 Å². The Morgan fingerprint density at radius 2 is 1.32 bits per heavy atom. The number of hydrogen-bond donors (Lipinski definition) is 0. The van der Waals surface area contributed by atoms with Gasteiger partial charge < -0.3 is 5.21 Å². The molecule has 92 valence electrons. The zero-order valence-corrected chi connectivity index (χ0v) is 10.1. The molecule has 19 heavy (non-hydrogen) atoms. The molecule has 0 aliphatic carbocycles. The third kappa shape index (κ3) is 2.28. The zero-order chi connectivity index (χ0) is 13.1. The van der Waals surface area contributed by atoms with Gasteiger partial charge in [0.25, 0.3) is 0 Å². The molecule has 0 fully saturated rings. The van der Waals surface area contributed by atoms with E-state index in [9.17, 15) is 5.21 Å². The quantitative estimate of drug-likeness (QED) is 0.517. The summed E-state index contributed by atoms with van der Waals surface area (Å²) in [6.07, 6.45) is 1.45. The number of benzene rings is 2. The third-order valence-electron chi connectivity index (χ3n) is 2.80. The van der Waals surface area contributed by atoms with Gasteiger partial charge >= 0.3 is 5.82 Å². The van der Waals surface area contributed by atoms with Crippen molar-refractivity contribution < 1.29 is 4.73 Å². The lowest BCUT2D eigenvalue weighted by Gasteiger charge is -2.06. The maximum Gasteiger partial charge on any atom is 0.360 e. The Balaban J connectivity index is 2.04. The van der Waals surface area contributed by atoms with E-state index in [1.165, 1.54) is 6.20 Å². The van der Waals surface area contributed by atoms with Crippen LogP contribution >= 0.6 is 0 Å². The molecule has 0 saturated heterocycles. The molecular formula is C15H11N3O. The van der Waals surface area contributed by atoms with E-state index in [1.807, 2.05) is 60.7 Å². The van der Waals surface area contributed by atoms with Gasteiger partial charge in [-0.2, -0.15) is 0 Å². The first-order valence-electron chi connectivity index (χ1n) is 5.92. The minimum atomic E-state index is 0.306. The summed E-state index contributed by atoms with van der Waals surface area (Å²) in [4.78, 5) is 0. The first kappa shape index (κ1) is 11.3. The summed E-state index contributed by atoms with van der Waals surface area (Å²) in [6, 6.07) is 18.8. The zero-order valence-electron chi connectivity index (χ0n) is 10.1. The minimum absolute atomic E-state index is 0.306. The van der Waals surface area contributed by atoms with Crippen LogP contribution in [-0.2, 0) is 0 Å². The maximum atomic E-state index is 12.0. The molecule has 0 radical (unpaired) electrons. The molecule has 0 bridgehead atoms. The second-order valence-corrected chi connectivity index (χ2v) is 4.10. The average Bonchev–Trinajstić information content (AvgIpc) is 2.49. The fourth-order valence-electron chi connectivity index (χ4n) is 1.86. The normalized spacial score (nSPS) is 10.3. The van der Waals surface area contributed by atoms with E-state index >= 15 is 0 Å². The summed E-state index contributed by atoms with van der Waals surface area (Å²) >= 11 is 0. The Bertz CT molecular complexity index is 684. The summed E-state index contributed by atoms with van der Waals surface area (Å²) in [5, 5.41) is 20.2. The Morgan fingerprint density at radius 3 is 1.89 bits per heavy atom. The van der Waals surface area contributed by atoms with Gasteiger partial charge in [0, 0.05) is 5.56 Å². The Hall–Kier alpha value is -2.75. The number of nitrogens with zero attached hydrogens (tertiary/aromatic N) is 3. The smallest absolute Gasteiger partial charge is 0.360 e. The van der Waals surface area contributed by atoms with Crippen LogP contribution in [0, 0.1) is 5.21 Å². The molecule has 0 N–H and O–H groups in total. The number of rotatable bonds is 2. The molecule has 3 aromatic rings. The lowest BCUT2D eigenvalue weighted by atomic mass is 10.2. The van der Waals surface area contributed by atoms with Crippen LogP contribution < -0.4 is 4.73 Å². The van der Waals surface area contributed by atoms with Crippen molar-refractivity contribution in [3.63, 3.8) is 0 Å². The standard InChI is InChI=1S/C15H11N3O/c19-18-11-14(12-7-3-1-4-8-12)16-17-15(18)13-9-5-2-6-10-13/h1-11H. The Kier molecular flexibility index (Phi) is 2.90. The van der Waals surface area contributed by atoms with Crippen LogP contribution in [0.5, 0.6) is 0 Å². The maximum absolute atomic E-state index is 12.0. The van der Waals surface area contributed by atoms with E-state index in [-0.39, 0.29) is 0 Å². The molecule has 3 rings (SSSR count). The second kappa shape index (κ2) is 4.86. The molecular weight excluding hydrogens is 238 g/mol. The van der Waals surface area contributed by atoms with Crippen molar-refractivity contribution in [3.8, 4) is 22.6 Å². The second-order valence-electron chi connectivity index (χ2n) is 4.10. The molecule has 1 aromatic heterocycles. The van der Waals surface area contributed by atoms with E-state index in [1.54, 1.807) is 0 Å². The van der Waals surface area contributed by atoms with Gasteiger partial charge in [-0.1, -0.05) is 48.5 Å². The molecule has 0 unspecified atom stereocenters. The highest BCUT2D eigenvalue weighted by Crippen LogP contribution is 2.16. The van der Waals surface area contributed by atoms with Crippen LogP contribution in [0.2, 0.25) is 0 Å². The highest BCUT2D eigenvalue weighted by Gasteiger charge is 2.13. The summed E-state index contributed by atoms with van der Waals surface area (Å²) in [5.41, 5.74) is 2.19. The van der Waals surface area contributed by atoms with Crippen LogP contribution in [0.3, 0.4) is 0 Å². The molecule has 0 aliphatic rings. The predicted octanol–water partition coefficient (Wildman–Crippen LogP) is 2.44. The van der Waals surface area contributed by atoms with Crippen molar-refractivity contribution in [2.45, 2.75) is 0 Å². The van der Waals surface area contributed by atoms with E-state index in [0.717, 1.165) is 15.9 Å². The van der Waals surface area contributed by atoms with Crippen LogP contribution in [-0.4, -0.2) is 10.2 Å². The first-order chi connectivity index (χ1) is 9.34. The summed E-state index contributed by atoms with van der Waals surface area (Å²) in [6.45, 7) is 0.